The van der Waals surface area contributed by atoms with Crippen LogP contribution in [0.5, 0.6) is 5.75 Å². The summed E-state index contributed by atoms with van der Waals surface area (Å²) in [6, 6.07) is 16.1. The number of amides is 3. The van der Waals surface area contributed by atoms with Crippen LogP contribution in [0.2, 0.25) is 0 Å². The van der Waals surface area contributed by atoms with Crippen LogP contribution in [0.15, 0.2) is 54.6 Å². The van der Waals surface area contributed by atoms with E-state index in [1.165, 1.54) is 0 Å². The zero-order chi connectivity index (χ0) is 25.3. The van der Waals surface area contributed by atoms with Crippen molar-refractivity contribution < 1.29 is 19.1 Å². The molecule has 3 unspecified atom stereocenters. The summed E-state index contributed by atoms with van der Waals surface area (Å²) in [5.74, 6) is 0.327. The lowest BCUT2D eigenvalue weighted by Gasteiger charge is -2.43. The molecule has 0 aliphatic carbocycles. The van der Waals surface area contributed by atoms with Gasteiger partial charge in [0.1, 0.15) is 24.7 Å². The number of carbonyl (C=O) groups excluding carboxylic acids is 3. The Kier molecular flexibility index (Phi) is 6.45. The molecule has 5 rings (SSSR count). The van der Waals surface area contributed by atoms with Gasteiger partial charge in [0.05, 0.1) is 11.6 Å². The standard InChI is InChI=1S/C28H30N4O4/c1-18-14-19(22-6-3-4-7-23(22)29-18)16-36-21-10-8-20(9-11-21)28(2)12-5-13-32(17-28)24(15-33)25-26(34)31-27(35)30-25/h3-4,6-11,14-15,24-25H,5,12-13,16-17H2,1-2H3,(H2,30,31,34,35). The number of aromatic nitrogens is 1. The van der Waals surface area contributed by atoms with E-state index >= 15 is 0 Å². The predicted molar refractivity (Wildman–Crippen MR) is 136 cm³/mol. The maximum absolute atomic E-state index is 12.2. The smallest absolute Gasteiger partial charge is 0.322 e. The number of hydrogen-bond donors (Lipinski definition) is 2. The lowest BCUT2D eigenvalue weighted by Crippen LogP contribution is -2.57. The Bertz CT molecular complexity index is 1310. The van der Waals surface area contributed by atoms with Gasteiger partial charge in [-0.3, -0.25) is 20.0 Å². The van der Waals surface area contributed by atoms with Crippen LogP contribution in [-0.4, -0.2) is 53.3 Å². The van der Waals surface area contributed by atoms with Crippen molar-refractivity contribution in [3.05, 3.63) is 71.4 Å². The van der Waals surface area contributed by atoms with Crippen molar-refractivity contribution in [3.8, 4) is 5.75 Å². The molecule has 3 aromatic rings. The molecule has 36 heavy (non-hydrogen) atoms. The average Bonchev–Trinajstić information content (AvgIpc) is 3.20. The lowest BCUT2D eigenvalue weighted by atomic mass is 9.75. The van der Waals surface area contributed by atoms with Crippen LogP contribution >= 0.6 is 0 Å². The minimum Gasteiger partial charge on any atom is -0.489 e. The highest BCUT2D eigenvalue weighted by Gasteiger charge is 2.43. The number of hydrogen-bond acceptors (Lipinski definition) is 6. The topological polar surface area (TPSA) is 101 Å². The van der Waals surface area contributed by atoms with E-state index in [1.54, 1.807) is 0 Å². The van der Waals surface area contributed by atoms with E-state index < -0.39 is 24.0 Å². The van der Waals surface area contributed by atoms with E-state index in [4.69, 9.17) is 4.74 Å². The third-order valence-corrected chi connectivity index (χ3v) is 7.31. The number of fused-ring (bicyclic) bond motifs is 1. The molecule has 3 atom stereocenters. The van der Waals surface area contributed by atoms with Gasteiger partial charge < -0.3 is 14.8 Å². The van der Waals surface area contributed by atoms with Gasteiger partial charge in [-0.15, -0.1) is 0 Å². The zero-order valence-corrected chi connectivity index (χ0v) is 20.5. The summed E-state index contributed by atoms with van der Waals surface area (Å²) in [4.78, 5) is 42.3. The molecule has 0 saturated carbocycles. The fraction of sp³-hybridized carbons (Fsp3) is 0.357. The second kappa shape index (κ2) is 9.70. The second-order valence-electron chi connectivity index (χ2n) is 9.95. The molecule has 3 amide bonds. The van der Waals surface area contributed by atoms with Gasteiger partial charge in [0, 0.05) is 28.6 Å². The number of imide groups is 1. The number of carbonyl (C=O) groups is 3. The first kappa shape index (κ1) is 23.9. The molecule has 2 fully saturated rings. The Morgan fingerprint density at radius 2 is 1.97 bits per heavy atom. The summed E-state index contributed by atoms with van der Waals surface area (Å²) in [5.41, 5.74) is 3.97. The number of piperidine rings is 1. The summed E-state index contributed by atoms with van der Waals surface area (Å²) in [7, 11) is 0. The number of nitrogens with zero attached hydrogens (tertiary/aromatic N) is 2. The third kappa shape index (κ3) is 4.68. The van der Waals surface area contributed by atoms with Crippen molar-refractivity contribution in [1.82, 2.24) is 20.5 Å². The van der Waals surface area contributed by atoms with Crippen molar-refractivity contribution in [2.45, 2.75) is 50.8 Å². The van der Waals surface area contributed by atoms with Gasteiger partial charge >= 0.3 is 6.03 Å². The molecule has 2 aliphatic heterocycles. The van der Waals surface area contributed by atoms with E-state index in [0.29, 0.717) is 19.7 Å². The van der Waals surface area contributed by atoms with Crippen molar-refractivity contribution in [2.24, 2.45) is 0 Å². The van der Waals surface area contributed by atoms with Crippen LogP contribution in [0, 0.1) is 6.92 Å². The summed E-state index contributed by atoms with van der Waals surface area (Å²) in [6.07, 6.45) is 2.61. The zero-order valence-electron chi connectivity index (χ0n) is 20.5. The molecular formula is C28H30N4O4. The molecule has 2 aromatic carbocycles. The molecule has 0 bridgehead atoms. The fourth-order valence-electron chi connectivity index (χ4n) is 5.45. The first-order chi connectivity index (χ1) is 17.4. The summed E-state index contributed by atoms with van der Waals surface area (Å²) in [6.45, 7) is 5.92. The molecule has 2 saturated heterocycles. The molecule has 3 heterocycles. The molecule has 2 aliphatic rings. The average molecular weight is 487 g/mol. The van der Waals surface area contributed by atoms with E-state index in [9.17, 15) is 14.4 Å². The highest BCUT2D eigenvalue weighted by Crippen LogP contribution is 2.35. The predicted octanol–water partition coefficient (Wildman–Crippen LogP) is 3.25. The molecule has 1 aromatic heterocycles. The van der Waals surface area contributed by atoms with Crippen molar-refractivity contribution in [2.75, 3.05) is 13.1 Å². The number of aldehydes is 1. The van der Waals surface area contributed by atoms with Crippen LogP contribution in [0.1, 0.15) is 36.6 Å². The van der Waals surface area contributed by atoms with Gasteiger partial charge in [0.25, 0.3) is 5.91 Å². The SMILES string of the molecule is Cc1cc(COc2ccc(C3(C)CCCN(C(C=O)C4NC(=O)NC4=O)C3)cc2)c2ccccc2n1. The molecule has 0 spiro atoms. The molecular weight excluding hydrogens is 456 g/mol. The molecule has 8 nitrogen and oxygen atoms in total. The number of para-hydroxylation sites is 1. The second-order valence-corrected chi connectivity index (χ2v) is 9.95. The van der Waals surface area contributed by atoms with Crippen LogP contribution < -0.4 is 15.4 Å². The largest absolute Gasteiger partial charge is 0.489 e. The number of rotatable bonds is 7. The van der Waals surface area contributed by atoms with Crippen LogP contribution in [0.3, 0.4) is 0 Å². The number of nitrogens with one attached hydrogen (secondary N) is 2. The number of urea groups is 1. The van der Waals surface area contributed by atoms with Crippen LogP contribution in [0.4, 0.5) is 4.79 Å². The Morgan fingerprint density at radius 1 is 1.19 bits per heavy atom. The van der Waals surface area contributed by atoms with Gasteiger partial charge in [-0.05, 0) is 56.1 Å². The van der Waals surface area contributed by atoms with Gasteiger partial charge in [-0.25, -0.2) is 4.79 Å². The summed E-state index contributed by atoms with van der Waals surface area (Å²) in [5, 5.41) is 5.89. The van der Waals surface area contributed by atoms with Gasteiger partial charge in [0.2, 0.25) is 0 Å². The van der Waals surface area contributed by atoms with Crippen LogP contribution in [0.25, 0.3) is 10.9 Å². The van der Waals surface area contributed by atoms with E-state index in [-0.39, 0.29) is 5.41 Å². The number of ether oxygens (including phenoxy) is 1. The number of likely N-dealkylation sites (tertiary alicyclic amines) is 1. The molecule has 2 N–H and O–H groups in total. The van der Waals surface area contributed by atoms with Crippen molar-refractivity contribution in [1.29, 1.82) is 0 Å². The quantitative estimate of drug-likeness (QED) is 0.393. The van der Waals surface area contributed by atoms with Gasteiger partial charge in [-0.2, -0.15) is 0 Å². The Morgan fingerprint density at radius 3 is 2.69 bits per heavy atom. The first-order valence-electron chi connectivity index (χ1n) is 12.3. The Hall–Kier alpha value is -3.78. The minimum absolute atomic E-state index is 0.199. The first-order valence-corrected chi connectivity index (χ1v) is 12.3. The molecule has 8 heteroatoms. The van der Waals surface area contributed by atoms with Gasteiger partial charge in [0.15, 0.2) is 0 Å². The third-order valence-electron chi connectivity index (χ3n) is 7.31. The molecule has 0 radical (unpaired) electrons. The highest BCUT2D eigenvalue weighted by atomic mass is 16.5. The van der Waals surface area contributed by atoms with E-state index in [0.717, 1.165) is 52.6 Å². The fourth-order valence-corrected chi connectivity index (χ4v) is 5.45. The van der Waals surface area contributed by atoms with Crippen molar-refractivity contribution >= 4 is 29.1 Å². The van der Waals surface area contributed by atoms with E-state index in [1.807, 2.05) is 42.2 Å². The monoisotopic (exact) mass is 486 g/mol. The summed E-state index contributed by atoms with van der Waals surface area (Å²) >= 11 is 0. The number of pyridine rings is 1. The Labute approximate surface area is 210 Å². The minimum atomic E-state index is -0.860. The maximum atomic E-state index is 12.2. The lowest BCUT2D eigenvalue weighted by molar-refractivity contribution is -0.125. The number of benzene rings is 2. The molecule has 186 valence electrons. The highest BCUT2D eigenvalue weighted by molar-refractivity contribution is 6.05. The summed E-state index contributed by atoms with van der Waals surface area (Å²) < 4.78 is 6.13. The van der Waals surface area contributed by atoms with Gasteiger partial charge in [-0.1, -0.05) is 37.3 Å². The Balaban J connectivity index is 1.28. The van der Waals surface area contributed by atoms with Crippen molar-refractivity contribution in [3.63, 3.8) is 0 Å². The van der Waals surface area contributed by atoms with E-state index in [2.05, 4.69) is 46.8 Å². The normalized spacial score (nSPS) is 23.2. The number of aryl methyl sites for hydroxylation is 1. The van der Waals surface area contributed by atoms with Crippen LogP contribution in [-0.2, 0) is 21.6 Å². The maximum Gasteiger partial charge on any atom is 0.322 e.